The van der Waals surface area contributed by atoms with E-state index in [0.717, 1.165) is 68.6 Å². The minimum atomic E-state index is -5.46. The van der Waals surface area contributed by atoms with Crippen molar-refractivity contribution in [2.24, 2.45) is 0 Å². The summed E-state index contributed by atoms with van der Waals surface area (Å²) in [5.74, 6) is -1.47. The van der Waals surface area contributed by atoms with Crippen molar-refractivity contribution in [3.05, 3.63) is 120 Å². The van der Waals surface area contributed by atoms with Gasteiger partial charge in [0, 0.05) is 19.0 Å². The lowest BCUT2D eigenvalue weighted by Gasteiger charge is -2.21. The molecule has 21 heteroatoms. The molecule has 2 unspecified atom stereocenters. The van der Waals surface area contributed by atoms with Gasteiger partial charge >= 0.3 is 33.3 Å². The van der Waals surface area contributed by atoms with Gasteiger partial charge in [0.15, 0.2) is 12.3 Å². The van der Waals surface area contributed by atoms with Crippen LogP contribution in [0.15, 0.2) is 114 Å². The Kier molecular flexibility index (Phi) is 34.7. The number of hydrogen-bond acceptors (Lipinski definition) is 16. The highest BCUT2D eigenvalue weighted by atomic mass is 31.3. The second-order valence-electron chi connectivity index (χ2n) is 17.1. The topological polar surface area (TPSA) is 286 Å². The number of carbonyl (C=O) groups is 2. The van der Waals surface area contributed by atoms with Crippen LogP contribution in [0.2, 0.25) is 0 Å². The van der Waals surface area contributed by atoms with Crippen LogP contribution in [-0.2, 0) is 46.3 Å². The molecule has 0 radical (unpaired) electrons. The number of rotatable bonds is 40. The number of carbonyl (C=O) groups excluding carboxylic acids is 2. The van der Waals surface area contributed by atoms with E-state index in [4.69, 9.17) is 29.0 Å². The molecule has 19 nitrogen and oxygen atoms in total. The Morgan fingerprint density at radius 2 is 1.21 bits per heavy atom. The molecule has 7 N–H and O–H groups in total. The molecule has 1 aliphatic rings. The fraction of sp³-hybridized carbons (Fsp3) is 0.577. The summed E-state index contributed by atoms with van der Waals surface area (Å²) < 4.78 is 56.6. The number of phosphoric acid groups is 2. The lowest BCUT2D eigenvalue weighted by atomic mass is 10.1. The molecule has 2 heterocycles. The van der Waals surface area contributed by atoms with Crippen molar-refractivity contribution < 1.29 is 71.4 Å². The highest BCUT2D eigenvalue weighted by Gasteiger charge is 2.46. The fourth-order valence-corrected chi connectivity index (χ4v) is 8.80. The number of ether oxygens (including phenoxy) is 3. The van der Waals surface area contributed by atoms with E-state index in [-0.39, 0.29) is 24.8 Å². The molecule has 0 spiro atoms. The van der Waals surface area contributed by atoms with E-state index in [1.54, 1.807) is 0 Å². The normalized spacial score (nSPS) is 20.2. The molecule has 2 rings (SSSR count). The Labute approximate surface area is 431 Å². The van der Waals surface area contributed by atoms with Gasteiger partial charge in [0.2, 0.25) is 0 Å². The number of aliphatic hydroxyl groups excluding tert-OH is 3. The molecule has 73 heavy (non-hydrogen) atoms. The molecule has 8 atom stereocenters. The highest BCUT2D eigenvalue weighted by Crippen LogP contribution is 2.60. The maximum atomic E-state index is 12.8. The number of allylic oxidation sites excluding steroid dienone is 16. The molecule has 1 fully saturated rings. The van der Waals surface area contributed by atoms with Crippen LogP contribution in [0.5, 0.6) is 0 Å². The van der Waals surface area contributed by atoms with Gasteiger partial charge < -0.3 is 45.1 Å². The van der Waals surface area contributed by atoms with Crippen molar-refractivity contribution in [1.82, 2.24) is 9.55 Å². The van der Waals surface area contributed by atoms with Crippen LogP contribution in [0.1, 0.15) is 142 Å². The van der Waals surface area contributed by atoms with Crippen molar-refractivity contribution in [2.45, 2.75) is 173 Å². The van der Waals surface area contributed by atoms with Gasteiger partial charge in [0.05, 0.1) is 19.3 Å². The first-order chi connectivity index (χ1) is 35.1. The number of aromatic nitrogens is 2. The number of hydrogen-bond donors (Lipinski definition) is 6. The minimum absolute atomic E-state index is 0.0269. The van der Waals surface area contributed by atoms with Gasteiger partial charge in [-0.3, -0.25) is 23.2 Å². The van der Waals surface area contributed by atoms with Crippen LogP contribution in [0, 0.1) is 0 Å². The van der Waals surface area contributed by atoms with Gasteiger partial charge in [-0.25, -0.2) is 13.9 Å². The van der Waals surface area contributed by atoms with E-state index in [2.05, 4.69) is 83.1 Å². The van der Waals surface area contributed by atoms with Crippen LogP contribution in [0.25, 0.3) is 0 Å². The maximum Gasteiger partial charge on any atom is 0.481 e. The quantitative estimate of drug-likeness (QED) is 0.0154. The zero-order chi connectivity index (χ0) is 53.6. The Bertz CT molecular complexity index is 2120. The molecule has 410 valence electrons. The summed E-state index contributed by atoms with van der Waals surface area (Å²) in [7, 11) is -10.9. The molecule has 0 aliphatic carbocycles. The third-order valence-electron chi connectivity index (χ3n) is 10.8. The van der Waals surface area contributed by atoms with E-state index in [1.807, 2.05) is 37.3 Å². The first kappa shape index (κ1) is 64.8. The summed E-state index contributed by atoms with van der Waals surface area (Å²) in [4.78, 5) is 61.9. The zero-order valence-electron chi connectivity index (χ0n) is 42.5. The molecule has 0 saturated carbocycles. The molecule has 0 amide bonds. The van der Waals surface area contributed by atoms with Crippen molar-refractivity contribution in [2.75, 3.05) is 25.6 Å². The van der Waals surface area contributed by atoms with Gasteiger partial charge in [-0.15, -0.1) is 0 Å². The van der Waals surface area contributed by atoms with E-state index in [0.29, 0.717) is 32.1 Å². The Hall–Kier alpha value is -4.36. The largest absolute Gasteiger partial charge is 0.481 e. The van der Waals surface area contributed by atoms with Gasteiger partial charge in [0.25, 0.3) is 0 Å². The van der Waals surface area contributed by atoms with E-state index >= 15 is 0 Å². The van der Waals surface area contributed by atoms with Crippen LogP contribution in [0.4, 0.5) is 5.82 Å². The number of unbranched alkanes of at least 4 members (excludes halogenated alkanes) is 5. The van der Waals surface area contributed by atoms with Crippen molar-refractivity contribution in [3.8, 4) is 0 Å². The lowest BCUT2D eigenvalue weighted by molar-refractivity contribution is -0.161. The summed E-state index contributed by atoms with van der Waals surface area (Å²) in [5.41, 5.74) is 4.57. The maximum absolute atomic E-state index is 12.8. The van der Waals surface area contributed by atoms with Crippen molar-refractivity contribution >= 4 is 33.4 Å². The minimum Gasteiger partial charge on any atom is -0.462 e. The average molecular weight is 1070 g/mol. The predicted molar refractivity (Wildman–Crippen MR) is 281 cm³/mol. The number of nitrogen functional groups attached to an aromatic ring is 1. The van der Waals surface area contributed by atoms with E-state index in [1.165, 1.54) is 25.3 Å². The number of esters is 2. The van der Waals surface area contributed by atoms with Gasteiger partial charge in [-0.1, -0.05) is 124 Å². The SMILES string of the molecule is CCCCC/C=C\C/C=C\C/C=C\C/C=C\CCCC(=O)OC[C@H](COP(=O)(O)OP(=O)(O)OC[C@H]1O[C@@H](n2ccc(N)nc2=O)[C@H](O)[C@@H]1O)OC(=O)CCC/C=C\C/C=C\C/C=C\C/C=C\CC[C@H](O)CC. The smallest absolute Gasteiger partial charge is 0.462 e. The first-order valence-electron chi connectivity index (χ1n) is 25.3. The summed E-state index contributed by atoms with van der Waals surface area (Å²) in [6, 6.07) is 1.24. The number of nitrogens with zero attached hydrogens (tertiary/aromatic N) is 2. The van der Waals surface area contributed by atoms with Crippen LogP contribution in [-0.4, -0.2) is 96.9 Å². The summed E-state index contributed by atoms with van der Waals surface area (Å²) in [6.07, 6.45) is 40.2. The van der Waals surface area contributed by atoms with Gasteiger partial charge in [-0.2, -0.15) is 9.29 Å². The predicted octanol–water partition coefficient (Wildman–Crippen LogP) is 9.41. The molecule has 1 saturated heterocycles. The molecule has 1 aliphatic heterocycles. The molecular weight excluding hydrogens is 985 g/mol. The second kappa shape index (κ2) is 39.1. The third kappa shape index (κ3) is 31.9. The van der Waals surface area contributed by atoms with Crippen LogP contribution >= 0.6 is 15.6 Å². The summed E-state index contributed by atoms with van der Waals surface area (Å²) in [5, 5.41) is 30.5. The molecular formula is C52H81N3O16P2. The van der Waals surface area contributed by atoms with Crippen molar-refractivity contribution in [3.63, 3.8) is 0 Å². The lowest BCUT2D eigenvalue weighted by Crippen LogP contribution is -2.36. The van der Waals surface area contributed by atoms with Gasteiger partial charge in [0.1, 0.15) is 30.7 Å². The standard InChI is InChI=1S/C52H81N3O16P2/c1-3-5-6-7-8-9-10-11-12-13-14-18-21-24-27-30-33-36-47(57)66-40-44(69-48(58)37-34-31-28-25-22-19-16-15-17-20-23-26-29-32-35-43(56)4-2)41-67-72(62,63)71-73(64,65)68-42-45-49(59)50(60)51(70-45)55-39-38-46(53)54-52(55)61/h8-9,11-12,14,16-20,24-29,38-39,43-45,49-51,56,59-60H,3-7,10,13,15,21-23,30-37,40-42H2,1-2H3,(H,62,63)(H,64,65)(H2,53,54,61)/b9-8-,12-11-,18-14-,19-16-,20-17-,27-24-,28-25-,29-26-/t43-,44-,45-,49-,50-,51-/m1/s1. The summed E-state index contributed by atoms with van der Waals surface area (Å²) in [6.45, 7) is 1.72. The van der Waals surface area contributed by atoms with Crippen molar-refractivity contribution in [1.29, 1.82) is 0 Å². The van der Waals surface area contributed by atoms with E-state index in [9.17, 15) is 48.6 Å². The number of phosphoric ester groups is 2. The molecule has 1 aromatic rings. The van der Waals surface area contributed by atoms with Crippen LogP contribution < -0.4 is 11.4 Å². The Balaban J connectivity index is 1.86. The number of anilines is 1. The number of aliphatic hydroxyl groups is 3. The molecule has 1 aromatic heterocycles. The van der Waals surface area contributed by atoms with Gasteiger partial charge in [-0.05, 0) is 102 Å². The molecule has 0 aromatic carbocycles. The molecule has 0 bridgehead atoms. The average Bonchev–Trinajstić information content (AvgIpc) is 3.63. The zero-order valence-corrected chi connectivity index (χ0v) is 44.3. The highest BCUT2D eigenvalue weighted by molar-refractivity contribution is 7.61. The summed E-state index contributed by atoms with van der Waals surface area (Å²) >= 11 is 0. The number of nitrogens with two attached hydrogens (primary N) is 1. The van der Waals surface area contributed by atoms with E-state index < -0.39 is 83.7 Å². The Morgan fingerprint density at radius 3 is 1.73 bits per heavy atom. The Morgan fingerprint density at radius 1 is 0.712 bits per heavy atom. The van der Waals surface area contributed by atoms with Crippen LogP contribution in [0.3, 0.4) is 0 Å². The fourth-order valence-electron chi connectivity index (χ4n) is 6.69. The third-order valence-corrected chi connectivity index (χ3v) is 13.4. The first-order valence-corrected chi connectivity index (χ1v) is 28.3. The monoisotopic (exact) mass is 1070 g/mol. The second-order valence-corrected chi connectivity index (χ2v) is 20.1.